The zero-order valence-corrected chi connectivity index (χ0v) is 13.8. The lowest BCUT2D eigenvalue weighted by molar-refractivity contribution is 0.102. The van der Waals surface area contributed by atoms with E-state index in [1.807, 2.05) is 0 Å². The predicted molar refractivity (Wildman–Crippen MR) is 92.8 cm³/mol. The van der Waals surface area contributed by atoms with Gasteiger partial charge in [0.05, 0.1) is 12.3 Å². The highest BCUT2D eigenvalue weighted by Crippen LogP contribution is 2.18. The molecule has 2 aromatic heterocycles. The number of nitrogens with zero attached hydrogens (tertiary/aromatic N) is 3. The Morgan fingerprint density at radius 3 is 2.52 bits per heavy atom. The Balaban J connectivity index is 1.74. The van der Waals surface area contributed by atoms with Crippen molar-refractivity contribution in [1.29, 1.82) is 0 Å². The van der Waals surface area contributed by atoms with Gasteiger partial charge in [0.25, 0.3) is 5.91 Å². The molecule has 1 aromatic carbocycles. The van der Waals surface area contributed by atoms with Gasteiger partial charge in [-0.1, -0.05) is 0 Å². The first-order valence-electron chi connectivity index (χ1n) is 7.73. The molecule has 0 saturated heterocycles. The fraction of sp³-hybridized carbons (Fsp3) is 0.176. The number of ether oxygens (including phenoxy) is 1. The van der Waals surface area contributed by atoms with Crippen LogP contribution >= 0.6 is 0 Å². The van der Waals surface area contributed by atoms with Crippen LogP contribution in [0.2, 0.25) is 0 Å². The molecule has 0 atom stereocenters. The first-order chi connectivity index (χ1) is 12.1. The number of carbonyl (C=O) groups excluding carboxylic acids is 2. The largest absolute Gasteiger partial charge is 0.450 e. The van der Waals surface area contributed by atoms with Crippen molar-refractivity contribution in [2.24, 2.45) is 0 Å². The minimum absolute atomic E-state index is 0.294. The lowest BCUT2D eigenvalue weighted by Gasteiger charge is -2.07. The van der Waals surface area contributed by atoms with Gasteiger partial charge in [0.15, 0.2) is 5.65 Å². The molecule has 0 aliphatic rings. The van der Waals surface area contributed by atoms with Crippen LogP contribution in [0.25, 0.3) is 5.65 Å². The Morgan fingerprint density at radius 2 is 1.84 bits per heavy atom. The van der Waals surface area contributed by atoms with Crippen LogP contribution in [0.5, 0.6) is 0 Å². The van der Waals surface area contributed by atoms with Crippen molar-refractivity contribution >= 4 is 29.0 Å². The molecular weight excluding hydrogens is 322 g/mol. The molecule has 0 saturated carbocycles. The van der Waals surface area contributed by atoms with E-state index in [-0.39, 0.29) is 5.91 Å². The van der Waals surface area contributed by atoms with Gasteiger partial charge in [0.1, 0.15) is 5.56 Å². The SMILES string of the molecule is CCOC(=O)Nc1ccc(NC(=O)c2c(C)nn3cccnc23)cc1. The second-order valence-corrected chi connectivity index (χ2v) is 5.23. The van der Waals surface area contributed by atoms with Crippen LogP contribution in [0.1, 0.15) is 23.0 Å². The number of anilines is 2. The first kappa shape index (κ1) is 16.4. The van der Waals surface area contributed by atoms with Crippen molar-refractivity contribution in [2.75, 3.05) is 17.2 Å². The van der Waals surface area contributed by atoms with E-state index in [0.29, 0.717) is 34.9 Å². The van der Waals surface area contributed by atoms with Crippen molar-refractivity contribution in [3.05, 3.63) is 54.0 Å². The molecule has 2 heterocycles. The van der Waals surface area contributed by atoms with E-state index in [2.05, 4.69) is 20.7 Å². The number of aryl methyl sites for hydroxylation is 1. The minimum Gasteiger partial charge on any atom is -0.450 e. The number of fused-ring (bicyclic) bond motifs is 1. The molecule has 2 amide bonds. The molecule has 0 unspecified atom stereocenters. The molecule has 0 fully saturated rings. The van der Waals surface area contributed by atoms with E-state index in [4.69, 9.17) is 4.74 Å². The summed E-state index contributed by atoms with van der Waals surface area (Å²) >= 11 is 0. The van der Waals surface area contributed by atoms with Crippen molar-refractivity contribution in [2.45, 2.75) is 13.8 Å². The van der Waals surface area contributed by atoms with Crippen LogP contribution in [0.3, 0.4) is 0 Å². The van der Waals surface area contributed by atoms with Gasteiger partial charge in [-0.05, 0) is 44.2 Å². The lowest BCUT2D eigenvalue weighted by atomic mass is 10.2. The van der Waals surface area contributed by atoms with Gasteiger partial charge in [-0.2, -0.15) is 5.10 Å². The third-order valence-corrected chi connectivity index (χ3v) is 3.46. The van der Waals surface area contributed by atoms with Crippen molar-refractivity contribution in [1.82, 2.24) is 14.6 Å². The Bertz CT molecular complexity index is 918. The summed E-state index contributed by atoms with van der Waals surface area (Å²) in [6.07, 6.45) is 2.83. The summed E-state index contributed by atoms with van der Waals surface area (Å²) in [5.41, 5.74) is 2.68. The minimum atomic E-state index is -0.521. The second-order valence-electron chi connectivity index (χ2n) is 5.23. The van der Waals surface area contributed by atoms with Crippen molar-refractivity contribution in [3.8, 4) is 0 Å². The molecule has 3 rings (SSSR count). The van der Waals surface area contributed by atoms with Gasteiger partial charge >= 0.3 is 6.09 Å². The van der Waals surface area contributed by atoms with Crippen molar-refractivity contribution in [3.63, 3.8) is 0 Å². The molecule has 0 spiro atoms. The molecule has 0 aliphatic heterocycles. The quantitative estimate of drug-likeness (QED) is 0.762. The van der Waals surface area contributed by atoms with Crippen LogP contribution in [0, 0.1) is 6.92 Å². The summed E-state index contributed by atoms with van der Waals surface area (Å²) in [4.78, 5) is 28.1. The zero-order chi connectivity index (χ0) is 17.8. The average Bonchev–Trinajstić information content (AvgIpc) is 2.92. The van der Waals surface area contributed by atoms with Gasteiger partial charge < -0.3 is 10.1 Å². The molecular formula is C17H17N5O3. The number of benzene rings is 1. The van der Waals surface area contributed by atoms with Crippen LogP contribution in [0.15, 0.2) is 42.7 Å². The van der Waals surface area contributed by atoms with Crippen molar-refractivity contribution < 1.29 is 14.3 Å². The molecule has 128 valence electrons. The maximum Gasteiger partial charge on any atom is 0.411 e. The second kappa shape index (κ2) is 7.00. The normalized spacial score (nSPS) is 10.5. The Morgan fingerprint density at radius 1 is 1.16 bits per heavy atom. The summed E-state index contributed by atoms with van der Waals surface area (Å²) in [6.45, 7) is 3.79. The Hall–Kier alpha value is -3.42. The van der Waals surface area contributed by atoms with E-state index in [0.717, 1.165) is 0 Å². The average molecular weight is 339 g/mol. The van der Waals surface area contributed by atoms with E-state index < -0.39 is 6.09 Å². The summed E-state index contributed by atoms with van der Waals surface area (Å²) < 4.78 is 6.37. The van der Waals surface area contributed by atoms with E-state index in [1.54, 1.807) is 61.1 Å². The monoisotopic (exact) mass is 339 g/mol. The number of hydrogen-bond acceptors (Lipinski definition) is 5. The number of rotatable bonds is 4. The number of nitrogens with one attached hydrogen (secondary N) is 2. The van der Waals surface area contributed by atoms with Crippen LogP contribution in [-0.4, -0.2) is 33.2 Å². The summed E-state index contributed by atoms with van der Waals surface area (Å²) in [5, 5.41) is 9.67. The van der Waals surface area contributed by atoms with Gasteiger partial charge in [-0.15, -0.1) is 0 Å². The van der Waals surface area contributed by atoms with E-state index in [1.165, 1.54) is 0 Å². The Kier molecular flexibility index (Phi) is 4.60. The van der Waals surface area contributed by atoms with Crippen LogP contribution in [0.4, 0.5) is 16.2 Å². The zero-order valence-electron chi connectivity index (χ0n) is 13.8. The topological polar surface area (TPSA) is 97.6 Å². The van der Waals surface area contributed by atoms with E-state index in [9.17, 15) is 9.59 Å². The smallest absolute Gasteiger partial charge is 0.411 e. The summed E-state index contributed by atoms with van der Waals surface area (Å²) in [6, 6.07) is 8.47. The number of hydrogen-bond donors (Lipinski definition) is 2. The van der Waals surface area contributed by atoms with Gasteiger partial charge in [0.2, 0.25) is 0 Å². The van der Waals surface area contributed by atoms with E-state index >= 15 is 0 Å². The fourth-order valence-electron chi connectivity index (χ4n) is 2.38. The maximum absolute atomic E-state index is 12.6. The standard InChI is InChI=1S/C17H17N5O3/c1-3-25-17(24)20-13-7-5-12(6-8-13)19-16(23)14-11(2)21-22-10-4-9-18-15(14)22/h4-10H,3H2,1-2H3,(H,19,23)(H,20,24). The number of amides is 2. The number of aromatic nitrogens is 3. The van der Waals surface area contributed by atoms with Crippen LogP contribution < -0.4 is 10.6 Å². The lowest BCUT2D eigenvalue weighted by Crippen LogP contribution is -2.14. The molecule has 2 N–H and O–H groups in total. The molecule has 0 aliphatic carbocycles. The molecule has 8 nitrogen and oxygen atoms in total. The third kappa shape index (κ3) is 3.57. The molecule has 8 heteroatoms. The van der Waals surface area contributed by atoms with Gasteiger partial charge in [0, 0.05) is 23.8 Å². The Labute approximate surface area is 143 Å². The molecule has 3 aromatic rings. The highest BCUT2D eigenvalue weighted by Gasteiger charge is 2.18. The molecule has 0 bridgehead atoms. The fourth-order valence-corrected chi connectivity index (χ4v) is 2.38. The maximum atomic E-state index is 12.6. The number of carbonyl (C=O) groups is 2. The van der Waals surface area contributed by atoms with Crippen LogP contribution in [-0.2, 0) is 4.74 Å². The van der Waals surface area contributed by atoms with Gasteiger partial charge in [-0.25, -0.2) is 14.3 Å². The molecule has 0 radical (unpaired) electrons. The van der Waals surface area contributed by atoms with Gasteiger partial charge in [-0.3, -0.25) is 10.1 Å². The highest BCUT2D eigenvalue weighted by molar-refractivity contribution is 6.09. The predicted octanol–water partition coefficient (Wildman–Crippen LogP) is 2.86. The molecule has 25 heavy (non-hydrogen) atoms. The highest BCUT2D eigenvalue weighted by atomic mass is 16.5. The first-order valence-corrected chi connectivity index (χ1v) is 7.73. The summed E-state index contributed by atoms with van der Waals surface area (Å²) in [7, 11) is 0. The summed E-state index contributed by atoms with van der Waals surface area (Å²) in [5.74, 6) is -0.294. The third-order valence-electron chi connectivity index (χ3n) is 3.46.